The van der Waals surface area contributed by atoms with Gasteiger partial charge in [-0.2, -0.15) is 0 Å². The predicted octanol–water partition coefficient (Wildman–Crippen LogP) is 2.44. The first kappa shape index (κ1) is 15.2. The fourth-order valence-corrected chi connectivity index (χ4v) is 2.75. The summed E-state index contributed by atoms with van der Waals surface area (Å²) in [5, 5.41) is 6.24. The lowest BCUT2D eigenvalue weighted by molar-refractivity contribution is 0.0960. The van der Waals surface area contributed by atoms with Gasteiger partial charge in [0.15, 0.2) is 0 Å². The molecule has 0 aromatic carbocycles. The number of aryl methyl sites for hydroxylation is 2. The minimum atomic E-state index is 0. The van der Waals surface area contributed by atoms with E-state index in [-0.39, 0.29) is 18.3 Å². The average molecular weight is 287 g/mol. The molecule has 1 aromatic heterocycles. The van der Waals surface area contributed by atoms with Crippen LogP contribution in [0.15, 0.2) is 17.7 Å². The second-order valence-corrected chi connectivity index (χ2v) is 5.61. The van der Waals surface area contributed by atoms with E-state index in [1.165, 1.54) is 16.0 Å². The molecule has 0 atom stereocenters. The van der Waals surface area contributed by atoms with Gasteiger partial charge in [0, 0.05) is 18.0 Å². The molecule has 0 unspecified atom stereocenters. The van der Waals surface area contributed by atoms with Crippen LogP contribution in [0.3, 0.4) is 0 Å². The molecule has 100 valence electrons. The first-order chi connectivity index (χ1) is 8.16. The third kappa shape index (κ3) is 3.83. The molecule has 3 nitrogen and oxygen atoms in total. The lowest BCUT2D eigenvalue weighted by atomic mass is 10.1. The van der Waals surface area contributed by atoms with Gasteiger partial charge in [-0.05, 0) is 38.4 Å². The van der Waals surface area contributed by atoms with Crippen molar-refractivity contribution < 1.29 is 4.79 Å². The summed E-state index contributed by atoms with van der Waals surface area (Å²) in [4.78, 5) is 13.9. The summed E-state index contributed by atoms with van der Waals surface area (Å²) in [5.74, 6) is 0.0469. The number of halogens is 1. The molecule has 1 aromatic rings. The average Bonchev–Trinajstić information content (AvgIpc) is 2.68. The van der Waals surface area contributed by atoms with E-state index in [4.69, 9.17) is 0 Å². The van der Waals surface area contributed by atoms with Gasteiger partial charge >= 0.3 is 0 Å². The lowest BCUT2D eigenvalue weighted by Crippen LogP contribution is -2.29. The Labute approximate surface area is 118 Å². The Morgan fingerprint density at radius 2 is 2.28 bits per heavy atom. The zero-order chi connectivity index (χ0) is 12.3. The summed E-state index contributed by atoms with van der Waals surface area (Å²) in [6.45, 7) is 6.70. The molecule has 0 saturated heterocycles. The predicted molar refractivity (Wildman–Crippen MR) is 78.9 cm³/mol. The van der Waals surface area contributed by atoms with Crippen LogP contribution in [0.1, 0.15) is 26.5 Å². The smallest absolute Gasteiger partial charge is 0.261 e. The number of rotatable bonds is 3. The molecule has 2 N–H and O–H groups in total. The topological polar surface area (TPSA) is 41.1 Å². The van der Waals surface area contributed by atoms with Gasteiger partial charge in [-0.1, -0.05) is 11.6 Å². The number of hydrogen-bond acceptors (Lipinski definition) is 3. The van der Waals surface area contributed by atoms with Gasteiger partial charge in [0.05, 0.1) is 4.88 Å². The fraction of sp³-hybridized carbons (Fsp3) is 0.462. The van der Waals surface area contributed by atoms with Crippen LogP contribution in [-0.4, -0.2) is 25.5 Å². The van der Waals surface area contributed by atoms with Gasteiger partial charge in [-0.15, -0.1) is 23.7 Å². The Kier molecular flexibility index (Phi) is 5.85. The minimum Gasteiger partial charge on any atom is -0.348 e. The van der Waals surface area contributed by atoms with E-state index in [1.54, 1.807) is 11.3 Å². The zero-order valence-electron chi connectivity index (χ0n) is 10.7. The highest BCUT2D eigenvalue weighted by molar-refractivity contribution is 7.14. The van der Waals surface area contributed by atoms with E-state index in [2.05, 4.69) is 16.7 Å². The molecule has 0 spiro atoms. The van der Waals surface area contributed by atoms with Crippen molar-refractivity contribution in [2.45, 2.75) is 20.3 Å². The van der Waals surface area contributed by atoms with Crippen molar-refractivity contribution in [1.82, 2.24) is 10.6 Å². The van der Waals surface area contributed by atoms with Crippen LogP contribution >= 0.6 is 23.7 Å². The molecule has 1 amide bonds. The second kappa shape index (κ2) is 6.92. The molecule has 18 heavy (non-hydrogen) atoms. The number of hydrogen-bond donors (Lipinski definition) is 2. The molecule has 5 heteroatoms. The van der Waals surface area contributed by atoms with Crippen molar-refractivity contribution >= 4 is 29.7 Å². The monoisotopic (exact) mass is 286 g/mol. The Hall–Kier alpha value is -0.840. The maximum Gasteiger partial charge on any atom is 0.261 e. The number of amides is 1. The largest absolute Gasteiger partial charge is 0.348 e. The minimum absolute atomic E-state index is 0. The highest BCUT2D eigenvalue weighted by atomic mass is 35.5. The van der Waals surface area contributed by atoms with E-state index < -0.39 is 0 Å². The summed E-state index contributed by atoms with van der Waals surface area (Å²) < 4.78 is 0. The van der Waals surface area contributed by atoms with Crippen LogP contribution in [0.25, 0.3) is 0 Å². The van der Waals surface area contributed by atoms with Crippen molar-refractivity contribution in [2.24, 2.45) is 0 Å². The molecular weight excluding hydrogens is 268 g/mol. The Bertz CT molecular complexity index is 434. The zero-order valence-corrected chi connectivity index (χ0v) is 12.3. The standard InChI is InChI=1S/C13H18N2OS.ClH/c1-9-7-12(17-10(9)2)13(16)15-8-11-3-5-14-6-4-11;/h3,7,14H,4-6,8H2,1-2H3,(H,15,16);1H. The molecule has 1 aliphatic rings. The van der Waals surface area contributed by atoms with Crippen LogP contribution in [0.4, 0.5) is 0 Å². The molecule has 1 aliphatic heterocycles. The molecule has 2 rings (SSSR count). The maximum atomic E-state index is 11.9. The molecular formula is C13H19ClN2OS. The summed E-state index contributed by atoms with van der Waals surface area (Å²) in [5.41, 5.74) is 2.52. The number of thiophene rings is 1. The van der Waals surface area contributed by atoms with Crippen LogP contribution < -0.4 is 10.6 Å². The van der Waals surface area contributed by atoms with Crippen LogP contribution in [0, 0.1) is 13.8 Å². The van der Waals surface area contributed by atoms with Gasteiger partial charge < -0.3 is 10.6 Å². The van der Waals surface area contributed by atoms with Crippen molar-refractivity contribution in [1.29, 1.82) is 0 Å². The highest BCUT2D eigenvalue weighted by Gasteiger charge is 2.11. The van der Waals surface area contributed by atoms with Gasteiger partial charge in [0.1, 0.15) is 0 Å². The molecule has 0 saturated carbocycles. The van der Waals surface area contributed by atoms with Gasteiger partial charge in [0.2, 0.25) is 0 Å². The number of carbonyl (C=O) groups excluding carboxylic acids is 1. The Balaban J connectivity index is 0.00000162. The van der Waals surface area contributed by atoms with Crippen LogP contribution in [0.2, 0.25) is 0 Å². The molecule has 2 heterocycles. The SMILES string of the molecule is Cc1cc(C(=O)NCC2=CCNCC2)sc1C.Cl. The Morgan fingerprint density at radius 1 is 1.50 bits per heavy atom. The van der Waals surface area contributed by atoms with E-state index in [0.717, 1.165) is 24.4 Å². The molecule has 0 radical (unpaired) electrons. The second-order valence-electron chi connectivity index (χ2n) is 4.35. The molecule has 0 aliphatic carbocycles. The van der Waals surface area contributed by atoms with Gasteiger partial charge in [0.25, 0.3) is 5.91 Å². The van der Waals surface area contributed by atoms with Crippen molar-refractivity contribution in [3.8, 4) is 0 Å². The number of nitrogens with one attached hydrogen (secondary N) is 2. The third-order valence-corrected chi connectivity index (χ3v) is 4.18. The lowest BCUT2D eigenvalue weighted by Gasteiger charge is -2.14. The molecule has 0 fully saturated rings. The van der Waals surface area contributed by atoms with Crippen molar-refractivity contribution in [3.05, 3.63) is 33.0 Å². The van der Waals surface area contributed by atoms with Gasteiger partial charge in [-0.3, -0.25) is 4.79 Å². The van der Waals surface area contributed by atoms with Crippen LogP contribution in [0.5, 0.6) is 0 Å². The van der Waals surface area contributed by atoms with E-state index in [0.29, 0.717) is 6.54 Å². The molecule has 0 bridgehead atoms. The van der Waals surface area contributed by atoms with Crippen molar-refractivity contribution in [2.75, 3.05) is 19.6 Å². The first-order valence-corrected chi connectivity index (χ1v) is 6.72. The van der Waals surface area contributed by atoms with Crippen LogP contribution in [-0.2, 0) is 0 Å². The van der Waals surface area contributed by atoms with Gasteiger partial charge in [-0.25, -0.2) is 0 Å². The number of carbonyl (C=O) groups is 1. The third-order valence-electron chi connectivity index (χ3n) is 3.02. The fourth-order valence-electron chi connectivity index (χ4n) is 1.80. The van der Waals surface area contributed by atoms with E-state index in [1.807, 2.05) is 19.9 Å². The maximum absolute atomic E-state index is 11.9. The quantitative estimate of drug-likeness (QED) is 0.838. The highest BCUT2D eigenvalue weighted by Crippen LogP contribution is 2.20. The van der Waals surface area contributed by atoms with E-state index >= 15 is 0 Å². The normalized spacial score (nSPS) is 14.7. The summed E-state index contributed by atoms with van der Waals surface area (Å²) in [7, 11) is 0. The summed E-state index contributed by atoms with van der Waals surface area (Å²) >= 11 is 1.57. The van der Waals surface area contributed by atoms with Crippen molar-refractivity contribution in [3.63, 3.8) is 0 Å². The van der Waals surface area contributed by atoms with E-state index in [9.17, 15) is 4.79 Å². The summed E-state index contributed by atoms with van der Waals surface area (Å²) in [6.07, 6.45) is 3.19. The first-order valence-electron chi connectivity index (χ1n) is 5.90. The Morgan fingerprint density at radius 3 is 2.83 bits per heavy atom. The summed E-state index contributed by atoms with van der Waals surface area (Å²) in [6, 6.07) is 1.96.